The van der Waals surface area contributed by atoms with E-state index in [-0.39, 0.29) is 28.0 Å². The lowest BCUT2D eigenvalue weighted by Gasteiger charge is -2.14. The molecule has 1 aromatic carbocycles. The molecule has 4 rings (SSSR count). The molecule has 0 atom stereocenters. The van der Waals surface area contributed by atoms with E-state index in [0.717, 1.165) is 69.0 Å². The van der Waals surface area contributed by atoms with Crippen LogP contribution in [0.3, 0.4) is 0 Å². The van der Waals surface area contributed by atoms with Crippen molar-refractivity contribution in [3.05, 3.63) is 40.5 Å². The van der Waals surface area contributed by atoms with E-state index in [1.807, 2.05) is 0 Å². The summed E-state index contributed by atoms with van der Waals surface area (Å²) in [5.74, 6) is -3.82. The van der Waals surface area contributed by atoms with Gasteiger partial charge in [0.15, 0.2) is 0 Å². The topological polar surface area (TPSA) is 139 Å². The Labute approximate surface area is 217 Å². The number of anilines is 1. The molecule has 200 valence electrons. The number of aromatic nitrogens is 1. The maximum atomic E-state index is 14.9. The molecule has 0 radical (unpaired) electrons. The van der Waals surface area contributed by atoms with Crippen LogP contribution in [-0.4, -0.2) is 59.3 Å². The van der Waals surface area contributed by atoms with E-state index in [0.29, 0.717) is 6.54 Å². The summed E-state index contributed by atoms with van der Waals surface area (Å²) in [7, 11) is 0. The van der Waals surface area contributed by atoms with Gasteiger partial charge in [-0.1, -0.05) is 0 Å². The van der Waals surface area contributed by atoms with Crippen LogP contribution in [0.2, 0.25) is 0 Å². The van der Waals surface area contributed by atoms with E-state index in [2.05, 4.69) is 25.2 Å². The molecule has 10 nitrogen and oxygen atoms in total. The number of urea groups is 1. The molecule has 1 saturated heterocycles. The van der Waals surface area contributed by atoms with Gasteiger partial charge < -0.3 is 26.0 Å². The summed E-state index contributed by atoms with van der Waals surface area (Å²) in [6.45, 7) is 3.06. The van der Waals surface area contributed by atoms with E-state index in [1.165, 1.54) is 12.8 Å². The first-order valence-corrected chi connectivity index (χ1v) is 13.1. The zero-order chi connectivity index (χ0) is 26.4. The Balaban J connectivity index is 1.33. The van der Waals surface area contributed by atoms with Crippen molar-refractivity contribution in [1.82, 2.24) is 19.9 Å². The summed E-state index contributed by atoms with van der Waals surface area (Å²) in [5.41, 5.74) is 4.44. The number of nitrogens with zero attached hydrogens (tertiary/aromatic N) is 2. The van der Waals surface area contributed by atoms with Gasteiger partial charge in [-0.3, -0.25) is 14.9 Å². The Morgan fingerprint density at radius 3 is 2.62 bits per heavy atom. The number of ether oxygens (including phenoxy) is 1. The van der Waals surface area contributed by atoms with Crippen LogP contribution in [0.5, 0.6) is 5.88 Å². The first-order valence-electron chi connectivity index (χ1n) is 12.3. The Bertz CT molecular complexity index is 1150. The summed E-state index contributed by atoms with van der Waals surface area (Å²) in [6, 6.07) is 1.51. The number of hydrogen-bond donors (Lipinski definition) is 4. The highest BCUT2D eigenvalue weighted by atomic mass is 32.1. The smallest absolute Gasteiger partial charge is 0.319 e. The number of amides is 4. The number of carbonyl (C=O) groups excluding carboxylic acids is 3. The second-order valence-electron chi connectivity index (χ2n) is 9.12. The molecule has 2 aliphatic rings. The number of hydrogen-bond acceptors (Lipinski definition) is 7. The van der Waals surface area contributed by atoms with Crippen LogP contribution < -0.4 is 26.4 Å². The third-order valence-corrected chi connectivity index (χ3v) is 6.96. The van der Waals surface area contributed by atoms with Crippen molar-refractivity contribution in [3.8, 4) is 5.88 Å². The molecule has 4 amide bonds. The number of primary amides is 1. The van der Waals surface area contributed by atoms with Crippen LogP contribution in [0, 0.1) is 11.6 Å². The van der Waals surface area contributed by atoms with Crippen LogP contribution in [0.4, 0.5) is 18.6 Å². The van der Waals surface area contributed by atoms with Crippen molar-refractivity contribution in [2.24, 2.45) is 5.73 Å². The van der Waals surface area contributed by atoms with Crippen LogP contribution >= 0.6 is 11.5 Å². The van der Waals surface area contributed by atoms with Crippen molar-refractivity contribution in [2.45, 2.75) is 51.2 Å². The van der Waals surface area contributed by atoms with Crippen molar-refractivity contribution in [2.75, 3.05) is 31.5 Å². The van der Waals surface area contributed by atoms with E-state index in [9.17, 15) is 23.2 Å². The third-order valence-electron chi connectivity index (χ3n) is 6.22. The Morgan fingerprint density at radius 2 is 1.92 bits per heavy atom. The number of halogens is 2. The van der Waals surface area contributed by atoms with Gasteiger partial charge in [0.25, 0.3) is 11.8 Å². The highest BCUT2D eigenvalue weighted by Crippen LogP contribution is 2.31. The van der Waals surface area contributed by atoms with Crippen molar-refractivity contribution < 1.29 is 27.9 Å². The standard InChI is InChI=1S/C24H30F2N6O4S/c25-17-8-7-15(21(34)29-14-5-6-14)19(26)16(17)13-36-22-18(20(27)33)23(37-31-22)30-24(35)28-9-1-2-10-32-11-3-4-12-32/h7-8,14H,1-6,9-13H2,(H2,27,33)(H,29,34)(H2,28,30,35). The molecule has 2 aromatic rings. The Hall–Kier alpha value is -3.32. The summed E-state index contributed by atoms with van der Waals surface area (Å²) >= 11 is 0.753. The molecule has 1 aliphatic heterocycles. The first-order chi connectivity index (χ1) is 17.8. The summed E-state index contributed by atoms with van der Waals surface area (Å²) in [4.78, 5) is 39.0. The fourth-order valence-corrected chi connectivity index (χ4v) is 4.76. The quantitative estimate of drug-likeness (QED) is 0.308. The highest BCUT2D eigenvalue weighted by molar-refractivity contribution is 7.11. The second-order valence-corrected chi connectivity index (χ2v) is 9.89. The van der Waals surface area contributed by atoms with Gasteiger partial charge >= 0.3 is 6.03 Å². The van der Waals surface area contributed by atoms with Gasteiger partial charge in [-0.15, -0.1) is 0 Å². The molecule has 2 fully saturated rings. The minimum atomic E-state index is -1.06. The van der Waals surface area contributed by atoms with Gasteiger partial charge in [0, 0.05) is 12.6 Å². The maximum Gasteiger partial charge on any atom is 0.319 e. The van der Waals surface area contributed by atoms with E-state index in [4.69, 9.17) is 10.5 Å². The van der Waals surface area contributed by atoms with Gasteiger partial charge in [0.2, 0.25) is 5.88 Å². The summed E-state index contributed by atoms with van der Waals surface area (Å²) < 4.78 is 38.6. The van der Waals surface area contributed by atoms with Gasteiger partial charge in [-0.2, -0.15) is 4.37 Å². The largest absolute Gasteiger partial charge is 0.471 e. The molecule has 5 N–H and O–H groups in total. The van der Waals surface area contributed by atoms with Gasteiger partial charge in [0.1, 0.15) is 28.8 Å². The van der Waals surface area contributed by atoms with Gasteiger partial charge in [-0.25, -0.2) is 13.6 Å². The summed E-state index contributed by atoms with van der Waals surface area (Å²) in [5, 5.41) is 7.95. The monoisotopic (exact) mass is 536 g/mol. The first kappa shape index (κ1) is 26.7. The normalized spacial score (nSPS) is 15.4. The maximum absolute atomic E-state index is 14.9. The van der Waals surface area contributed by atoms with Crippen molar-refractivity contribution in [3.63, 3.8) is 0 Å². The van der Waals surface area contributed by atoms with Crippen molar-refractivity contribution in [1.29, 1.82) is 0 Å². The fourth-order valence-electron chi connectivity index (χ4n) is 4.03. The number of rotatable bonds is 12. The molecule has 0 spiro atoms. The zero-order valence-electron chi connectivity index (χ0n) is 20.3. The molecule has 0 bridgehead atoms. The molecular weight excluding hydrogens is 506 g/mol. The molecule has 1 saturated carbocycles. The second kappa shape index (κ2) is 12.3. The Kier molecular flexibility index (Phi) is 8.87. The minimum absolute atomic E-state index is 0.00262. The zero-order valence-corrected chi connectivity index (χ0v) is 21.1. The van der Waals surface area contributed by atoms with Crippen LogP contribution in [0.15, 0.2) is 12.1 Å². The molecule has 13 heteroatoms. The van der Waals surface area contributed by atoms with Crippen LogP contribution in [0.1, 0.15) is 64.8 Å². The molecular formula is C24H30F2N6O4S. The van der Waals surface area contributed by atoms with Gasteiger partial charge in [-0.05, 0) is 81.8 Å². The van der Waals surface area contributed by atoms with E-state index >= 15 is 0 Å². The average molecular weight is 537 g/mol. The van der Waals surface area contributed by atoms with Crippen molar-refractivity contribution >= 4 is 34.4 Å². The predicted octanol–water partition coefficient (Wildman–Crippen LogP) is 2.99. The minimum Gasteiger partial charge on any atom is -0.471 e. The predicted molar refractivity (Wildman–Crippen MR) is 134 cm³/mol. The SMILES string of the molecule is NC(=O)c1c(OCc2c(F)ccc(C(=O)NC3CC3)c2F)nsc1NC(=O)NCCCCN1CCCC1. The average Bonchev–Trinajstić information content (AvgIpc) is 3.34. The van der Waals surface area contributed by atoms with Gasteiger partial charge in [0.05, 0.1) is 11.1 Å². The van der Waals surface area contributed by atoms with Crippen LogP contribution in [0.25, 0.3) is 0 Å². The molecule has 1 aromatic heterocycles. The number of likely N-dealkylation sites (tertiary alicyclic amines) is 1. The molecule has 1 aliphatic carbocycles. The fraction of sp³-hybridized carbons (Fsp3) is 0.500. The number of nitrogens with two attached hydrogens (primary N) is 1. The lowest BCUT2D eigenvalue weighted by atomic mass is 10.1. The van der Waals surface area contributed by atoms with Crippen LogP contribution in [-0.2, 0) is 6.61 Å². The molecule has 2 heterocycles. The van der Waals surface area contributed by atoms with E-state index in [1.54, 1.807) is 0 Å². The summed E-state index contributed by atoms with van der Waals surface area (Å²) in [6.07, 6.45) is 5.86. The lowest BCUT2D eigenvalue weighted by molar-refractivity contribution is 0.0945. The number of nitrogens with one attached hydrogen (secondary N) is 3. The number of benzene rings is 1. The number of carbonyl (C=O) groups is 3. The molecule has 0 unspecified atom stereocenters. The lowest BCUT2D eigenvalue weighted by Crippen LogP contribution is -2.30. The highest BCUT2D eigenvalue weighted by Gasteiger charge is 2.27. The third kappa shape index (κ3) is 7.13. The van der Waals surface area contributed by atoms with E-state index < -0.39 is 41.7 Å². The molecule has 37 heavy (non-hydrogen) atoms. The number of unbranched alkanes of at least 4 members (excludes halogenated alkanes) is 1. The Morgan fingerprint density at radius 1 is 1.16 bits per heavy atom.